The molecule has 15 heavy (non-hydrogen) atoms. The van der Waals surface area contributed by atoms with Crippen molar-refractivity contribution < 1.29 is 5.11 Å². The highest BCUT2D eigenvalue weighted by atomic mass is 16.3. The predicted molar refractivity (Wildman–Crippen MR) is 61.8 cm³/mol. The highest BCUT2D eigenvalue weighted by Crippen LogP contribution is 2.28. The average molecular weight is 205 g/mol. The molecule has 0 spiro atoms. The van der Waals surface area contributed by atoms with Crippen LogP contribution in [-0.2, 0) is 6.42 Å². The van der Waals surface area contributed by atoms with Gasteiger partial charge in [0.2, 0.25) is 0 Å². The molecular weight excluding hydrogens is 186 g/mol. The lowest BCUT2D eigenvalue weighted by Crippen LogP contribution is -2.24. The van der Waals surface area contributed by atoms with Crippen molar-refractivity contribution in [3.63, 3.8) is 0 Å². The fourth-order valence-electron chi connectivity index (χ4n) is 2.37. The Hall–Kier alpha value is -0.860. The van der Waals surface area contributed by atoms with Crippen LogP contribution in [0.1, 0.15) is 36.4 Å². The Balaban J connectivity index is 2.17. The Morgan fingerprint density at radius 3 is 3.00 bits per heavy atom. The molecule has 0 heterocycles. The van der Waals surface area contributed by atoms with Gasteiger partial charge in [0.1, 0.15) is 0 Å². The van der Waals surface area contributed by atoms with Crippen molar-refractivity contribution in [3.8, 4) is 0 Å². The van der Waals surface area contributed by atoms with E-state index in [0.29, 0.717) is 12.6 Å². The van der Waals surface area contributed by atoms with Crippen molar-refractivity contribution in [3.05, 3.63) is 35.4 Å². The minimum Gasteiger partial charge on any atom is -0.395 e. The molecule has 2 nitrogen and oxygen atoms in total. The van der Waals surface area contributed by atoms with Crippen LogP contribution in [0.15, 0.2) is 24.3 Å². The summed E-state index contributed by atoms with van der Waals surface area (Å²) in [5.74, 6) is 0. The van der Waals surface area contributed by atoms with Crippen molar-refractivity contribution in [1.29, 1.82) is 0 Å². The quantitative estimate of drug-likeness (QED) is 0.740. The van der Waals surface area contributed by atoms with Crippen molar-refractivity contribution in [2.45, 2.75) is 31.7 Å². The molecule has 0 aliphatic heterocycles. The molecule has 2 N–H and O–H groups in total. The van der Waals surface area contributed by atoms with Crippen molar-refractivity contribution >= 4 is 0 Å². The minimum atomic E-state index is 0.221. The summed E-state index contributed by atoms with van der Waals surface area (Å²) in [4.78, 5) is 0. The third-order valence-corrected chi connectivity index (χ3v) is 3.12. The first-order valence-corrected chi connectivity index (χ1v) is 5.84. The Kier molecular flexibility index (Phi) is 3.75. The summed E-state index contributed by atoms with van der Waals surface area (Å²) in [6.07, 6.45) is 4.95. The van der Waals surface area contributed by atoms with Crippen LogP contribution >= 0.6 is 0 Å². The van der Waals surface area contributed by atoms with Gasteiger partial charge in [-0.3, -0.25) is 0 Å². The molecule has 1 atom stereocenters. The number of rotatable bonds is 3. The van der Waals surface area contributed by atoms with Crippen LogP contribution in [-0.4, -0.2) is 18.3 Å². The van der Waals surface area contributed by atoms with Gasteiger partial charge in [0, 0.05) is 12.6 Å². The van der Waals surface area contributed by atoms with Crippen molar-refractivity contribution in [2.24, 2.45) is 0 Å². The normalized spacial score (nSPS) is 20.7. The number of aliphatic hydroxyl groups excluding tert-OH is 1. The summed E-state index contributed by atoms with van der Waals surface area (Å²) < 4.78 is 0. The minimum absolute atomic E-state index is 0.221. The van der Waals surface area contributed by atoms with E-state index in [4.69, 9.17) is 5.11 Å². The SMILES string of the molecule is OCCN[C@@H]1CCCCc2ccccc21. The van der Waals surface area contributed by atoms with E-state index < -0.39 is 0 Å². The van der Waals surface area contributed by atoms with Gasteiger partial charge >= 0.3 is 0 Å². The standard InChI is InChI=1S/C13H19NO/c15-10-9-14-13-8-4-2-6-11-5-1-3-7-12(11)13/h1,3,5,7,13-15H,2,4,6,8-10H2/t13-/m1/s1. The first kappa shape index (κ1) is 10.7. The molecule has 2 heteroatoms. The zero-order valence-electron chi connectivity index (χ0n) is 9.08. The molecule has 0 saturated heterocycles. The van der Waals surface area contributed by atoms with Crippen LogP contribution in [0, 0.1) is 0 Å². The van der Waals surface area contributed by atoms with Crippen molar-refractivity contribution in [1.82, 2.24) is 5.32 Å². The van der Waals surface area contributed by atoms with Gasteiger partial charge in [-0.25, -0.2) is 0 Å². The van der Waals surface area contributed by atoms with Crippen LogP contribution in [0.5, 0.6) is 0 Å². The fourth-order valence-corrected chi connectivity index (χ4v) is 2.37. The van der Waals surface area contributed by atoms with Crippen LogP contribution in [0.3, 0.4) is 0 Å². The summed E-state index contributed by atoms with van der Waals surface area (Å²) in [6.45, 7) is 0.914. The number of hydrogen-bond donors (Lipinski definition) is 2. The highest BCUT2D eigenvalue weighted by molar-refractivity contribution is 5.31. The van der Waals surface area contributed by atoms with Crippen molar-refractivity contribution in [2.75, 3.05) is 13.2 Å². The molecule has 0 saturated carbocycles. The van der Waals surface area contributed by atoms with Gasteiger partial charge in [-0.1, -0.05) is 30.7 Å². The lowest BCUT2D eigenvalue weighted by Gasteiger charge is -2.18. The Morgan fingerprint density at radius 1 is 1.27 bits per heavy atom. The molecule has 1 aromatic rings. The molecule has 0 aromatic heterocycles. The molecule has 0 amide bonds. The third-order valence-electron chi connectivity index (χ3n) is 3.12. The zero-order chi connectivity index (χ0) is 10.5. The number of nitrogens with one attached hydrogen (secondary N) is 1. The smallest absolute Gasteiger partial charge is 0.0556 e. The van der Waals surface area contributed by atoms with Gasteiger partial charge < -0.3 is 10.4 Å². The number of aliphatic hydroxyl groups is 1. The van der Waals surface area contributed by atoms with Crippen LogP contribution in [0.25, 0.3) is 0 Å². The first-order chi connectivity index (χ1) is 7.42. The van der Waals surface area contributed by atoms with Gasteiger partial charge in [0.15, 0.2) is 0 Å². The molecule has 0 fully saturated rings. The Labute approximate surface area is 91.3 Å². The Bertz CT molecular complexity index is 311. The molecule has 0 radical (unpaired) electrons. The summed E-state index contributed by atoms with van der Waals surface area (Å²) in [7, 11) is 0. The predicted octanol–water partition coefficient (Wildman–Crippen LogP) is 2.04. The lowest BCUT2D eigenvalue weighted by molar-refractivity contribution is 0.282. The van der Waals surface area contributed by atoms with Crippen LogP contribution < -0.4 is 5.32 Å². The second-order valence-electron chi connectivity index (χ2n) is 4.17. The zero-order valence-corrected chi connectivity index (χ0v) is 9.08. The number of benzene rings is 1. The van der Waals surface area contributed by atoms with E-state index in [9.17, 15) is 0 Å². The third kappa shape index (κ3) is 2.58. The molecular formula is C13H19NO. The maximum Gasteiger partial charge on any atom is 0.0556 e. The maximum atomic E-state index is 8.85. The van der Waals surface area contributed by atoms with Gasteiger partial charge in [0.05, 0.1) is 6.61 Å². The molecule has 1 aliphatic carbocycles. The molecule has 1 aliphatic rings. The van der Waals surface area contributed by atoms with E-state index in [-0.39, 0.29) is 6.61 Å². The number of aryl methyl sites for hydroxylation is 1. The maximum absolute atomic E-state index is 8.85. The molecule has 0 bridgehead atoms. The molecule has 2 rings (SSSR count). The summed E-state index contributed by atoms with van der Waals surface area (Å²) in [5, 5.41) is 12.3. The molecule has 82 valence electrons. The largest absolute Gasteiger partial charge is 0.395 e. The fraction of sp³-hybridized carbons (Fsp3) is 0.538. The van der Waals surface area contributed by atoms with Gasteiger partial charge in [0.25, 0.3) is 0 Å². The monoisotopic (exact) mass is 205 g/mol. The van der Waals surface area contributed by atoms with Gasteiger partial charge in [-0.05, 0) is 30.4 Å². The molecule has 1 aromatic carbocycles. The van der Waals surface area contributed by atoms with E-state index in [2.05, 4.69) is 29.6 Å². The second kappa shape index (κ2) is 5.29. The van der Waals surface area contributed by atoms with Gasteiger partial charge in [-0.15, -0.1) is 0 Å². The van der Waals surface area contributed by atoms with E-state index in [1.165, 1.54) is 36.8 Å². The average Bonchev–Trinajstić information content (AvgIpc) is 2.49. The van der Waals surface area contributed by atoms with E-state index in [1.807, 2.05) is 0 Å². The summed E-state index contributed by atoms with van der Waals surface area (Å²) in [6, 6.07) is 9.12. The topological polar surface area (TPSA) is 32.3 Å². The number of fused-ring (bicyclic) bond motifs is 1. The van der Waals surface area contributed by atoms with E-state index in [1.54, 1.807) is 0 Å². The summed E-state index contributed by atoms with van der Waals surface area (Å²) >= 11 is 0. The summed E-state index contributed by atoms with van der Waals surface area (Å²) in [5.41, 5.74) is 2.91. The molecule has 0 unspecified atom stereocenters. The number of hydrogen-bond acceptors (Lipinski definition) is 2. The van der Waals surface area contributed by atoms with Gasteiger partial charge in [-0.2, -0.15) is 0 Å². The van der Waals surface area contributed by atoms with Crippen LogP contribution in [0.2, 0.25) is 0 Å². The van der Waals surface area contributed by atoms with E-state index >= 15 is 0 Å². The highest BCUT2D eigenvalue weighted by Gasteiger charge is 2.16. The van der Waals surface area contributed by atoms with Crippen LogP contribution in [0.4, 0.5) is 0 Å². The van der Waals surface area contributed by atoms with E-state index in [0.717, 1.165) is 0 Å². The second-order valence-corrected chi connectivity index (χ2v) is 4.17. The first-order valence-electron chi connectivity index (χ1n) is 5.84. The lowest BCUT2D eigenvalue weighted by atomic mass is 9.99. The Morgan fingerprint density at radius 2 is 2.13 bits per heavy atom.